The second kappa shape index (κ2) is 5.62. The highest BCUT2D eigenvalue weighted by Crippen LogP contribution is 2.29. The second-order valence-electron chi connectivity index (χ2n) is 4.32. The van der Waals surface area contributed by atoms with Gasteiger partial charge in [-0.3, -0.25) is 4.40 Å². The zero-order valence-corrected chi connectivity index (χ0v) is 11.9. The lowest BCUT2D eigenvalue weighted by molar-refractivity contribution is 0.276. The molecule has 0 aliphatic rings. The average Bonchev–Trinajstić information content (AvgIpc) is 3.03. The summed E-state index contributed by atoms with van der Waals surface area (Å²) in [6.45, 7) is 0.605. The number of ether oxygens (including phenoxy) is 1. The molecule has 0 fully saturated rings. The zero-order valence-electron chi connectivity index (χ0n) is 11.0. The maximum absolute atomic E-state index is 9.35. The van der Waals surface area contributed by atoms with Crippen LogP contribution in [0, 0.1) is 0 Å². The number of nitrogens with one attached hydrogen (secondary N) is 1. The van der Waals surface area contributed by atoms with Crippen LogP contribution in [0.1, 0.15) is 11.3 Å². The summed E-state index contributed by atoms with van der Waals surface area (Å²) in [7, 11) is 1.89. The van der Waals surface area contributed by atoms with E-state index in [1.807, 2.05) is 47.3 Å². The Kier molecular flexibility index (Phi) is 3.68. The van der Waals surface area contributed by atoms with Gasteiger partial charge in [-0.2, -0.15) is 4.98 Å². The van der Waals surface area contributed by atoms with Crippen molar-refractivity contribution in [2.45, 2.75) is 13.2 Å². The normalized spacial score (nSPS) is 11.1. The molecule has 2 heterocycles. The number of fused-ring (bicyclic) bond motifs is 1. The van der Waals surface area contributed by atoms with Crippen LogP contribution < -0.4 is 10.1 Å². The van der Waals surface area contributed by atoms with Crippen molar-refractivity contribution in [3.05, 3.63) is 47.1 Å². The lowest BCUT2D eigenvalue weighted by atomic mass is 10.2. The minimum Gasteiger partial charge on any atom is -0.437 e. The van der Waals surface area contributed by atoms with Crippen molar-refractivity contribution in [3.63, 3.8) is 0 Å². The summed E-state index contributed by atoms with van der Waals surface area (Å²) in [4.78, 5) is 5.39. The van der Waals surface area contributed by atoms with Crippen molar-refractivity contribution in [2.75, 3.05) is 7.05 Å². The predicted octanol–water partition coefficient (Wildman–Crippen LogP) is 2.40. The Balaban J connectivity index is 2.01. The summed E-state index contributed by atoms with van der Waals surface area (Å²) in [6, 6.07) is 7.43. The van der Waals surface area contributed by atoms with Gasteiger partial charge in [-0.15, -0.1) is 11.3 Å². The van der Waals surface area contributed by atoms with Crippen LogP contribution >= 0.6 is 11.3 Å². The molecule has 0 aliphatic heterocycles. The first kappa shape index (κ1) is 13.1. The van der Waals surface area contributed by atoms with Crippen molar-refractivity contribution >= 4 is 16.3 Å². The quantitative estimate of drug-likeness (QED) is 0.757. The van der Waals surface area contributed by atoms with Gasteiger partial charge in [0.05, 0.1) is 6.61 Å². The molecule has 0 bridgehead atoms. The summed E-state index contributed by atoms with van der Waals surface area (Å²) in [6.07, 6.45) is 1.98. The molecule has 0 radical (unpaired) electrons. The Morgan fingerprint density at radius 2 is 2.25 bits per heavy atom. The van der Waals surface area contributed by atoms with Crippen molar-refractivity contribution in [1.82, 2.24) is 14.7 Å². The van der Waals surface area contributed by atoms with Crippen LogP contribution in [0.15, 0.2) is 35.8 Å². The van der Waals surface area contributed by atoms with Gasteiger partial charge in [0, 0.05) is 23.7 Å². The van der Waals surface area contributed by atoms with Crippen LogP contribution in [-0.2, 0) is 13.2 Å². The molecule has 6 heteroatoms. The number of aliphatic hydroxyl groups is 1. The summed E-state index contributed by atoms with van der Waals surface area (Å²) in [5.74, 6) is 1.21. The van der Waals surface area contributed by atoms with Gasteiger partial charge in [-0.05, 0) is 13.1 Å². The van der Waals surface area contributed by atoms with Gasteiger partial charge in [-0.1, -0.05) is 18.2 Å². The molecule has 20 heavy (non-hydrogen) atoms. The number of thiazole rings is 1. The molecule has 3 rings (SSSR count). The number of imidazole rings is 1. The highest BCUT2D eigenvalue weighted by molar-refractivity contribution is 7.15. The second-order valence-corrected chi connectivity index (χ2v) is 5.19. The van der Waals surface area contributed by atoms with Crippen molar-refractivity contribution in [2.24, 2.45) is 0 Å². The van der Waals surface area contributed by atoms with Crippen molar-refractivity contribution < 1.29 is 9.84 Å². The van der Waals surface area contributed by atoms with Gasteiger partial charge in [0.25, 0.3) is 0 Å². The Morgan fingerprint density at radius 1 is 1.40 bits per heavy atom. The molecule has 0 saturated carbocycles. The number of para-hydroxylation sites is 1. The van der Waals surface area contributed by atoms with E-state index in [1.165, 1.54) is 0 Å². The highest BCUT2D eigenvalue weighted by atomic mass is 32.1. The lowest BCUT2D eigenvalue weighted by Gasteiger charge is -2.09. The fraction of sp³-hybridized carbons (Fsp3) is 0.214. The third kappa shape index (κ3) is 2.29. The third-order valence-corrected chi connectivity index (χ3v) is 3.77. The molecule has 0 saturated heterocycles. The van der Waals surface area contributed by atoms with E-state index in [-0.39, 0.29) is 6.61 Å². The summed E-state index contributed by atoms with van der Waals surface area (Å²) in [5.41, 5.74) is 1.72. The molecular weight excluding hydrogens is 274 g/mol. The maximum atomic E-state index is 9.35. The number of nitrogens with zero attached hydrogens (tertiary/aromatic N) is 2. The van der Waals surface area contributed by atoms with Crippen LogP contribution in [0.3, 0.4) is 0 Å². The van der Waals surface area contributed by atoms with Crippen molar-refractivity contribution in [3.8, 4) is 11.6 Å². The van der Waals surface area contributed by atoms with Crippen LogP contribution in [-0.4, -0.2) is 21.5 Å². The van der Waals surface area contributed by atoms with E-state index >= 15 is 0 Å². The van der Waals surface area contributed by atoms with Gasteiger partial charge in [0.15, 0.2) is 4.96 Å². The van der Waals surface area contributed by atoms with Gasteiger partial charge in [0.1, 0.15) is 11.4 Å². The predicted molar refractivity (Wildman–Crippen MR) is 78.3 cm³/mol. The maximum Gasteiger partial charge on any atom is 0.243 e. The minimum absolute atomic E-state index is 0.0558. The summed E-state index contributed by atoms with van der Waals surface area (Å²) in [5, 5.41) is 14.5. The van der Waals surface area contributed by atoms with Gasteiger partial charge in [-0.25, -0.2) is 0 Å². The average molecular weight is 289 g/mol. The standard InChI is InChI=1S/C14H15N3O2S/c1-15-8-11-13(16-14-17(11)6-7-20-14)19-12-5-3-2-4-10(12)9-18/h2-7,15,18H,8-9H2,1H3. The Labute approximate surface area is 120 Å². The number of rotatable bonds is 5. The number of aliphatic hydroxyl groups excluding tert-OH is 1. The van der Waals surface area contributed by atoms with Gasteiger partial charge >= 0.3 is 0 Å². The summed E-state index contributed by atoms with van der Waals surface area (Å²) >= 11 is 1.56. The molecule has 2 N–H and O–H groups in total. The van der Waals surface area contributed by atoms with E-state index < -0.39 is 0 Å². The fourth-order valence-corrected chi connectivity index (χ4v) is 2.79. The van der Waals surface area contributed by atoms with E-state index in [9.17, 15) is 5.11 Å². The molecule has 1 aromatic carbocycles. The van der Waals surface area contributed by atoms with Crippen molar-refractivity contribution in [1.29, 1.82) is 0 Å². The monoisotopic (exact) mass is 289 g/mol. The van der Waals surface area contributed by atoms with E-state index in [0.717, 1.165) is 16.2 Å². The lowest BCUT2D eigenvalue weighted by Crippen LogP contribution is -2.08. The fourth-order valence-electron chi connectivity index (χ4n) is 2.06. The Bertz CT molecular complexity index is 720. The molecule has 0 unspecified atom stereocenters. The number of hydrogen-bond acceptors (Lipinski definition) is 5. The number of benzene rings is 1. The largest absolute Gasteiger partial charge is 0.437 e. The molecule has 2 aromatic heterocycles. The van der Waals surface area contributed by atoms with Crippen LogP contribution in [0.25, 0.3) is 4.96 Å². The number of aromatic nitrogens is 2. The molecule has 104 valence electrons. The Morgan fingerprint density at radius 3 is 3.05 bits per heavy atom. The van der Waals surface area contributed by atoms with Crippen LogP contribution in [0.4, 0.5) is 0 Å². The molecular formula is C14H15N3O2S. The topological polar surface area (TPSA) is 58.8 Å². The third-order valence-electron chi connectivity index (χ3n) is 3.02. The van der Waals surface area contributed by atoms with E-state index in [4.69, 9.17) is 4.74 Å². The van der Waals surface area contributed by atoms with E-state index in [0.29, 0.717) is 18.2 Å². The Hall–Kier alpha value is -1.89. The van der Waals surface area contributed by atoms with E-state index in [1.54, 1.807) is 11.3 Å². The first-order valence-electron chi connectivity index (χ1n) is 6.29. The van der Waals surface area contributed by atoms with Gasteiger partial charge < -0.3 is 15.2 Å². The van der Waals surface area contributed by atoms with Gasteiger partial charge in [0.2, 0.25) is 5.88 Å². The highest BCUT2D eigenvalue weighted by Gasteiger charge is 2.15. The SMILES string of the molecule is CNCc1c(Oc2ccccc2CO)nc2sccn12. The van der Waals surface area contributed by atoms with Crippen LogP contribution in [0.5, 0.6) is 11.6 Å². The zero-order chi connectivity index (χ0) is 13.9. The molecule has 3 aromatic rings. The van der Waals surface area contributed by atoms with Crippen LogP contribution in [0.2, 0.25) is 0 Å². The molecule has 0 spiro atoms. The molecule has 0 atom stereocenters. The molecule has 0 amide bonds. The van der Waals surface area contributed by atoms with E-state index in [2.05, 4.69) is 10.3 Å². The summed E-state index contributed by atoms with van der Waals surface area (Å²) < 4.78 is 7.91. The smallest absolute Gasteiger partial charge is 0.243 e. The first-order chi connectivity index (χ1) is 9.83. The molecule has 0 aliphatic carbocycles. The first-order valence-corrected chi connectivity index (χ1v) is 7.17. The molecule has 5 nitrogen and oxygen atoms in total. The minimum atomic E-state index is -0.0558. The number of hydrogen-bond donors (Lipinski definition) is 2.